The van der Waals surface area contributed by atoms with Crippen molar-refractivity contribution in [2.24, 2.45) is 0 Å². The van der Waals surface area contributed by atoms with Crippen molar-refractivity contribution in [3.8, 4) is 0 Å². The summed E-state index contributed by atoms with van der Waals surface area (Å²) in [5.41, 5.74) is 5.13. The van der Waals surface area contributed by atoms with E-state index in [1.54, 1.807) is 0 Å². The van der Waals surface area contributed by atoms with Gasteiger partial charge in [0.15, 0.2) is 11.5 Å². The van der Waals surface area contributed by atoms with Gasteiger partial charge in [0.05, 0.1) is 6.04 Å². The normalized spacial score (nSPS) is 21.0. The number of nitrogens with zero attached hydrogens (tertiary/aromatic N) is 2. The zero-order valence-electron chi connectivity index (χ0n) is 15.8. The van der Waals surface area contributed by atoms with Crippen molar-refractivity contribution in [1.29, 1.82) is 0 Å². The molecule has 2 aliphatic heterocycles. The molecule has 0 aliphatic carbocycles. The van der Waals surface area contributed by atoms with E-state index in [9.17, 15) is 4.79 Å². The molecule has 3 aromatic rings. The van der Waals surface area contributed by atoms with Crippen LogP contribution < -0.4 is 0 Å². The number of rotatable bonds is 3. The number of fused-ring (bicyclic) bond motifs is 3. The Kier molecular flexibility index (Phi) is 4.15. The van der Waals surface area contributed by atoms with Crippen LogP contribution in [-0.2, 0) is 11.3 Å². The van der Waals surface area contributed by atoms with Crippen molar-refractivity contribution < 1.29 is 13.9 Å². The summed E-state index contributed by atoms with van der Waals surface area (Å²) < 4.78 is 11.3. The average molecular weight is 374 g/mol. The van der Waals surface area contributed by atoms with Crippen molar-refractivity contribution in [1.82, 2.24) is 9.88 Å². The van der Waals surface area contributed by atoms with Gasteiger partial charge in [-0.1, -0.05) is 42.5 Å². The Morgan fingerprint density at radius 3 is 2.89 bits per heavy atom. The molecule has 5 rings (SSSR count). The molecule has 2 bridgehead atoms. The molecule has 3 heterocycles. The van der Waals surface area contributed by atoms with Crippen LogP contribution in [0.25, 0.3) is 16.7 Å². The van der Waals surface area contributed by atoms with Crippen molar-refractivity contribution >= 4 is 22.8 Å². The summed E-state index contributed by atoms with van der Waals surface area (Å²) in [7, 11) is 0. The highest BCUT2D eigenvalue weighted by molar-refractivity contribution is 5.81. The number of aromatic nitrogens is 1. The number of benzene rings is 2. The van der Waals surface area contributed by atoms with Crippen molar-refractivity contribution in [2.45, 2.75) is 44.9 Å². The van der Waals surface area contributed by atoms with Gasteiger partial charge in [0.25, 0.3) is 0 Å². The number of hydrogen-bond acceptors (Lipinski definition) is 4. The molecule has 2 unspecified atom stereocenters. The fraction of sp³-hybridized carbons (Fsp3) is 0.304. The Bertz CT molecular complexity index is 1050. The van der Waals surface area contributed by atoms with Crippen LogP contribution in [0.4, 0.5) is 4.79 Å². The minimum atomic E-state index is -0.215. The molecule has 0 spiro atoms. The Labute approximate surface area is 163 Å². The highest BCUT2D eigenvalue weighted by Crippen LogP contribution is 2.39. The van der Waals surface area contributed by atoms with E-state index in [0.29, 0.717) is 12.5 Å². The highest BCUT2D eigenvalue weighted by atomic mass is 16.6. The van der Waals surface area contributed by atoms with Crippen molar-refractivity contribution in [2.75, 3.05) is 0 Å². The zero-order valence-corrected chi connectivity index (χ0v) is 15.8. The molecule has 1 fully saturated rings. The molecule has 1 saturated heterocycles. The van der Waals surface area contributed by atoms with E-state index in [1.165, 1.54) is 5.57 Å². The van der Waals surface area contributed by atoms with E-state index in [2.05, 4.69) is 23.2 Å². The van der Waals surface area contributed by atoms with E-state index in [-0.39, 0.29) is 18.2 Å². The topological polar surface area (TPSA) is 55.6 Å². The van der Waals surface area contributed by atoms with Crippen molar-refractivity contribution in [3.05, 3.63) is 71.6 Å². The van der Waals surface area contributed by atoms with Crippen LogP contribution in [0.1, 0.15) is 36.3 Å². The Balaban J connectivity index is 1.33. The van der Waals surface area contributed by atoms with Gasteiger partial charge in [0, 0.05) is 13.0 Å². The molecule has 0 N–H and O–H groups in total. The van der Waals surface area contributed by atoms with E-state index in [4.69, 9.17) is 9.15 Å². The van der Waals surface area contributed by atoms with Crippen LogP contribution in [0.2, 0.25) is 0 Å². The summed E-state index contributed by atoms with van der Waals surface area (Å²) in [5.74, 6) is 0.678. The molecule has 1 amide bonds. The molecule has 28 heavy (non-hydrogen) atoms. The third-order valence-corrected chi connectivity index (χ3v) is 5.68. The monoisotopic (exact) mass is 374 g/mol. The fourth-order valence-corrected chi connectivity index (χ4v) is 4.36. The highest BCUT2D eigenvalue weighted by Gasteiger charge is 2.40. The van der Waals surface area contributed by atoms with Crippen LogP contribution in [0.15, 0.2) is 59.0 Å². The molecule has 2 aliphatic rings. The Morgan fingerprint density at radius 2 is 2.07 bits per heavy atom. The molecule has 5 heteroatoms. The van der Waals surface area contributed by atoms with E-state index in [0.717, 1.165) is 41.5 Å². The van der Waals surface area contributed by atoms with Crippen LogP contribution in [0.5, 0.6) is 0 Å². The second-order valence-corrected chi connectivity index (χ2v) is 7.56. The first-order valence-corrected chi connectivity index (χ1v) is 9.74. The van der Waals surface area contributed by atoms with Crippen molar-refractivity contribution in [3.63, 3.8) is 0 Å². The van der Waals surface area contributed by atoms with Crippen LogP contribution in [0.3, 0.4) is 0 Å². The molecule has 0 radical (unpaired) electrons. The molecule has 1 aromatic heterocycles. The maximum absolute atomic E-state index is 12.7. The Hall–Kier alpha value is -3.08. The first-order valence-electron chi connectivity index (χ1n) is 9.74. The van der Waals surface area contributed by atoms with Gasteiger partial charge in [-0.05, 0) is 48.1 Å². The quantitative estimate of drug-likeness (QED) is 0.640. The number of aryl methyl sites for hydroxylation is 1. The fourth-order valence-electron chi connectivity index (χ4n) is 4.36. The summed E-state index contributed by atoms with van der Waals surface area (Å²) in [6.07, 6.45) is 4.84. The van der Waals surface area contributed by atoms with Gasteiger partial charge in [-0.3, -0.25) is 4.90 Å². The van der Waals surface area contributed by atoms with Gasteiger partial charge in [-0.25, -0.2) is 9.78 Å². The summed E-state index contributed by atoms with van der Waals surface area (Å²) in [4.78, 5) is 19.0. The van der Waals surface area contributed by atoms with Gasteiger partial charge in [0.2, 0.25) is 0 Å². The average Bonchev–Trinajstić information content (AvgIpc) is 3.21. The molecule has 5 nitrogen and oxygen atoms in total. The van der Waals surface area contributed by atoms with Gasteiger partial charge in [-0.2, -0.15) is 0 Å². The minimum Gasteiger partial charge on any atom is -0.445 e. The number of amides is 1. The minimum absolute atomic E-state index is 0.101. The number of oxazole rings is 1. The third kappa shape index (κ3) is 3.07. The lowest BCUT2D eigenvalue weighted by Gasteiger charge is -2.33. The maximum atomic E-state index is 12.7. The molecule has 2 aromatic carbocycles. The van der Waals surface area contributed by atoms with E-state index < -0.39 is 0 Å². The number of carbonyl (C=O) groups is 1. The van der Waals surface area contributed by atoms with Gasteiger partial charge in [0.1, 0.15) is 12.1 Å². The smallest absolute Gasteiger partial charge is 0.410 e. The summed E-state index contributed by atoms with van der Waals surface area (Å²) in [6, 6.07) is 16.3. The molecular formula is C23H22N2O3. The van der Waals surface area contributed by atoms with Gasteiger partial charge < -0.3 is 9.15 Å². The first kappa shape index (κ1) is 17.0. The number of ether oxygens (including phenoxy) is 1. The summed E-state index contributed by atoms with van der Waals surface area (Å²) in [6.45, 7) is 2.17. The molecule has 2 atom stereocenters. The molecule has 142 valence electrons. The Morgan fingerprint density at radius 1 is 1.21 bits per heavy atom. The lowest BCUT2D eigenvalue weighted by molar-refractivity contribution is 0.0832. The van der Waals surface area contributed by atoms with Gasteiger partial charge >= 0.3 is 6.09 Å². The molecular weight excluding hydrogens is 352 g/mol. The lowest BCUT2D eigenvalue weighted by Crippen LogP contribution is -2.43. The lowest BCUT2D eigenvalue weighted by atomic mass is 9.95. The third-order valence-electron chi connectivity index (χ3n) is 5.68. The predicted molar refractivity (Wildman–Crippen MR) is 107 cm³/mol. The second kappa shape index (κ2) is 6.82. The first-order chi connectivity index (χ1) is 13.7. The van der Waals surface area contributed by atoms with Crippen LogP contribution in [-0.4, -0.2) is 28.1 Å². The molecule has 0 saturated carbocycles. The van der Waals surface area contributed by atoms with E-state index in [1.807, 2.05) is 48.2 Å². The van der Waals surface area contributed by atoms with Crippen LogP contribution in [0, 0.1) is 6.92 Å². The SMILES string of the molecule is Cc1nc2ccc(C3=CC4CCC(C3)N4C(=O)OCc3ccccc3)cc2o1. The van der Waals surface area contributed by atoms with Crippen LogP contribution >= 0.6 is 0 Å². The number of hydrogen-bond donors (Lipinski definition) is 0. The standard InChI is InChI=1S/C23H22N2O3/c1-15-24-21-10-7-17(13-22(21)28-15)18-11-19-8-9-20(12-18)25(19)23(26)27-14-16-5-3-2-4-6-16/h2-7,10-11,13,19-20H,8-9,12,14H2,1H3. The zero-order chi connectivity index (χ0) is 19.1. The summed E-state index contributed by atoms with van der Waals surface area (Å²) >= 11 is 0. The predicted octanol–water partition coefficient (Wildman–Crippen LogP) is 5.09. The van der Waals surface area contributed by atoms with E-state index >= 15 is 0 Å². The van der Waals surface area contributed by atoms with Gasteiger partial charge in [-0.15, -0.1) is 0 Å². The summed E-state index contributed by atoms with van der Waals surface area (Å²) in [5, 5.41) is 0. The maximum Gasteiger partial charge on any atom is 0.410 e. The largest absolute Gasteiger partial charge is 0.445 e. The number of carbonyl (C=O) groups excluding carboxylic acids is 1. The second-order valence-electron chi connectivity index (χ2n) is 7.56.